The Morgan fingerprint density at radius 2 is 2.27 bits per heavy atom. The summed E-state index contributed by atoms with van der Waals surface area (Å²) in [5.74, 6) is 1.62. The predicted octanol–water partition coefficient (Wildman–Crippen LogP) is 2.31. The molecule has 0 spiro atoms. The first kappa shape index (κ1) is 10.7. The van der Waals surface area contributed by atoms with Gasteiger partial charge in [-0.25, -0.2) is 4.98 Å². The highest BCUT2D eigenvalue weighted by Crippen LogP contribution is 2.30. The molecule has 1 aliphatic rings. The van der Waals surface area contributed by atoms with Crippen LogP contribution in [-0.2, 0) is 6.54 Å². The predicted molar refractivity (Wildman–Crippen MR) is 59.7 cm³/mol. The molecular formula is C12H20N2O. The van der Waals surface area contributed by atoms with Gasteiger partial charge >= 0.3 is 0 Å². The second-order valence-electron chi connectivity index (χ2n) is 4.44. The van der Waals surface area contributed by atoms with Crippen molar-refractivity contribution < 1.29 is 5.11 Å². The molecule has 1 fully saturated rings. The lowest BCUT2D eigenvalue weighted by Gasteiger charge is -2.17. The van der Waals surface area contributed by atoms with Gasteiger partial charge in [-0.15, -0.1) is 0 Å². The quantitative estimate of drug-likeness (QED) is 0.757. The average Bonchev–Trinajstić information content (AvgIpc) is 2.61. The van der Waals surface area contributed by atoms with Crippen LogP contribution in [0.15, 0.2) is 12.4 Å². The van der Waals surface area contributed by atoms with E-state index in [1.54, 1.807) is 0 Å². The molecule has 0 radical (unpaired) electrons. The second kappa shape index (κ2) is 4.79. The highest BCUT2D eigenvalue weighted by Gasteiger charge is 2.22. The van der Waals surface area contributed by atoms with Crippen LogP contribution in [-0.4, -0.2) is 20.8 Å². The van der Waals surface area contributed by atoms with E-state index >= 15 is 0 Å². The Labute approximate surface area is 91.1 Å². The minimum atomic E-state index is -0.125. The van der Waals surface area contributed by atoms with Gasteiger partial charge in [0, 0.05) is 24.9 Å². The first-order valence-electron chi connectivity index (χ1n) is 6.00. The molecule has 1 aliphatic carbocycles. The van der Waals surface area contributed by atoms with Crippen molar-refractivity contribution in [3.63, 3.8) is 0 Å². The number of aromatic nitrogens is 2. The van der Waals surface area contributed by atoms with E-state index in [4.69, 9.17) is 0 Å². The highest BCUT2D eigenvalue weighted by atomic mass is 16.3. The molecule has 3 heteroatoms. The minimum Gasteiger partial charge on any atom is -0.393 e. The van der Waals surface area contributed by atoms with Gasteiger partial charge in [-0.2, -0.15) is 0 Å². The molecule has 1 aromatic heterocycles. The molecule has 1 aromatic rings. The van der Waals surface area contributed by atoms with Crippen LogP contribution in [0, 0.1) is 0 Å². The second-order valence-corrected chi connectivity index (χ2v) is 4.44. The van der Waals surface area contributed by atoms with Crippen molar-refractivity contribution in [1.29, 1.82) is 0 Å². The number of hydrogen-bond acceptors (Lipinski definition) is 2. The summed E-state index contributed by atoms with van der Waals surface area (Å²) < 4.78 is 2.20. The zero-order valence-electron chi connectivity index (χ0n) is 9.39. The van der Waals surface area contributed by atoms with Gasteiger partial charge in [-0.1, -0.05) is 12.8 Å². The topological polar surface area (TPSA) is 38.0 Å². The summed E-state index contributed by atoms with van der Waals surface area (Å²) in [4.78, 5) is 4.44. The molecule has 3 nitrogen and oxygen atoms in total. The van der Waals surface area contributed by atoms with Crippen LogP contribution in [0.4, 0.5) is 0 Å². The Morgan fingerprint density at radius 1 is 1.47 bits per heavy atom. The van der Waals surface area contributed by atoms with E-state index in [9.17, 15) is 5.11 Å². The third-order valence-corrected chi connectivity index (χ3v) is 3.35. The zero-order valence-corrected chi connectivity index (χ0v) is 9.39. The maximum Gasteiger partial charge on any atom is 0.111 e. The van der Waals surface area contributed by atoms with Gasteiger partial charge in [0.15, 0.2) is 0 Å². The number of hydrogen-bond donors (Lipinski definition) is 1. The van der Waals surface area contributed by atoms with Crippen LogP contribution >= 0.6 is 0 Å². The summed E-state index contributed by atoms with van der Waals surface area (Å²) in [6.45, 7) is 3.11. The van der Waals surface area contributed by atoms with Crippen molar-refractivity contribution in [2.24, 2.45) is 0 Å². The van der Waals surface area contributed by atoms with Crippen LogP contribution in [0.1, 0.15) is 50.8 Å². The van der Waals surface area contributed by atoms with Crippen molar-refractivity contribution >= 4 is 0 Å². The standard InChI is InChI=1S/C12H20N2O/c1-2-14-8-7-13-12(14)10-5-3-4-6-11(15)9-10/h7-8,10-11,15H,2-6,9H2,1H3. The molecule has 0 aromatic carbocycles. The molecule has 0 bridgehead atoms. The monoisotopic (exact) mass is 208 g/mol. The molecule has 15 heavy (non-hydrogen) atoms. The first-order valence-corrected chi connectivity index (χ1v) is 6.00. The van der Waals surface area contributed by atoms with Crippen LogP contribution in [0.3, 0.4) is 0 Å². The summed E-state index contributed by atoms with van der Waals surface area (Å²) in [5, 5.41) is 9.78. The van der Waals surface area contributed by atoms with Crippen LogP contribution in [0.25, 0.3) is 0 Å². The van der Waals surface area contributed by atoms with Gasteiger partial charge < -0.3 is 9.67 Å². The molecule has 0 aliphatic heterocycles. The summed E-state index contributed by atoms with van der Waals surface area (Å²) in [7, 11) is 0. The van der Waals surface area contributed by atoms with Gasteiger partial charge in [-0.05, 0) is 26.2 Å². The number of aliphatic hydroxyl groups excluding tert-OH is 1. The Balaban J connectivity index is 2.14. The van der Waals surface area contributed by atoms with Crippen molar-refractivity contribution in [3.05, 3.63) is 18.2 Å². The maximum absolute atomic E-state index is 9.78. The summed E-state index contributed by atoms with van der Waals surface area (Å²) in [6, 6.07) is 0. The fourth-order valence-electron chi connectivity index (χ4n) is 2.52. The lowest BCUT2D eigenvalue weighted by molar-refractivity contribution is 0.150. The molecule has 2 atom stereocenters. The Hall–Kier alpha value is -0.830. The molecule has 2 unspecified atom stereocenters. The van der Waals surface area contributed by atoms with Gasteiger partial charge in [0.1, 0.15) is 5.82 Å². The number of rotatable bonds is 2. The largest absolute Gasteiger partial charge is 0.393 e. The van der Waals surface area contributed by atoms with Crippen LogP contribution < -0.4 is 0 Å². The number of nitrogens with zero attached hydrogens (tertiary/aromatic N) is 2. The SMILES string of the molecule is CCn1ccnc1C1CCCCC(O)C1. The number of aryl methyl sites for hydroxylation is 1. The van der Waals surface area contributed by atoms with Crippen LogP contribution in [0.5, 0.6) is 0 Å². The maximum atomic E-state index is 9.78. The number of imidazole rings is 1. The molecule has 84 valence electrons. The van der Waals surface area contributed by atoms with Crippen molar-refractivity contribution in [3.8, 4) is 0 Å². The Bertz CT molecular complexity index is 308. The lowest BCUT2D eigenvalue weighted by atomic mass is 9.98. The molecular weight excluding hydrogens is 188 g/mol. The smallest absolute Gasteiger partial charge is 0.111 e. The molecule has 2 rings (SSSR count). The summed E-state index contributed by atoms with van der Waals surface area (Å²) in [5.41, 5.74) is 0. The van der Waals surface area contributed by atoms with E-state index < -0.39 is 0 Å². The van der Waals surface area contributed by atoms with E-state index in [0.29, 0.717) is 5.92 Å². The Kier molecular flexibility index (Phi) is 3.41. The van der Waals surface area contributed by atoms with Crippen molar-refractivity contribution in [1.82, 2.24) is 9.55 Å². The van der Waals surface area contributed by atoms with Gasteiger partial charge in [0.25, 0.3) is 0 Å². The summed E-state index contributed by atoms with van der Waals surface area (Å²) >= 11 is 0. The normalized spacial score (nSPS) is 27.6. The van der Waals surface area contributed by atoms with Crippen molar-refractivity contribution in [2.75, 3.05) is 0 Å². The van der Waals surface area contributed by atoms with Crippen molar-refractivity contribution in [2.45, 2.75) is 57.6 Å². The fourth-order valence-corrected chi connectivity index (χ4v) is 2.52. The van der Waals surface area contributed by atoms with E-state index in [1.807, 2.05) is 12.4 Å². The molecule has 1 heterocycles. The van der Waals surface area contributed by atoms with Gasteiger partial charge in [0.2, 0.25) is 0 Å². The third kappa shape index (κ3) is 2.40. The van der Waals surface area contributed by atoms with Crippen LogP contribution in [0.2, 0.25) is 0 Å². The highest BCUT2D eigenvalue weighted by molar-refractivity contribution is 5.01. The lowest BCUT2D eigenvalue weighted by Crippen LogP contribution is -2.13. The number of aliphatic hydroxyl groups is 1. The van der Waals surface area contributed by atoms with E-state index in [2.05, 4.69) is 16.5 Å². The fraction of sp³-hybridized carbons (Fsp3) is 0.750. The van der Waals surface area contributed by atoms with E-state index in [1.165, 1.54) is 18.7 Å². The van der Waals surface area contributed by atoms with E-state index in [-0.39, 0.29) is 6.10 Å². The van der Waals surface area contributed by atoms with E-state index in [0.717, 1.165) is 25.8 Å². The molecule has 0 amide bonds. The molecule has 0 saturated heterocycles. The van der Waals surface area contributed by atoms with Gasteiger partial charge in [-0.3, -0.25) is 0 Å². The van der Waals surface area contributed by atoms with Gasteiger partial charge in [0.05, 0.1) is 6.10 Å². The first-order chi connectivity index (χ1) is 7.31. The average molecular weight is 208 g/mol. The summed E-state index contributed by atoms with van der Waals surface area (Å²) in [6.07, 6.45) is 9.18. The Morgan fingerprint density at radius 3 is 3.07 bits per heavy atom. The molecule has 1 saturated carbocycles. The minimum absolute atomic E-state index is 0.125. The molecule has 1 N–H and O–H groups in total. The third-order valence-electron chi connectivity index (χ3n) is 3.35. The zero-order chi connectivity index (χ0) is 10.7.